The van der Waals surface area contributed by atoms with Crippen LogP contribution in [0.4, 0.5) is 22.1 Å². The molecule has 4 N–H and O–H groups in total. The average Bonchev–Trinajstić information content (AvgIpc) is 2.68. The first-order chi connectivity index (χ1) is 14.2. The van der Waals surface area contributed by atoms with Crippen LogP contribution in [0, 0.1) is 0 Å². The molecule has 9 heteroatoms. The second-order valence-electron chi connectivity index (χ2n) is 8.23. The fourth-order valence-electron chi connectivity index (χ4n) is 3.21. The van der Waals surface area contributed by atoms with E-state index in [9.17, 15) is 9.59 Å². The topological polar surface area (TPSA) is 122 Å². The second kappa shape index (κ2) is 8.98. The van der Waals surface area contributed by atoms with E-state index in [-0.39, 0.29) is 17.7 Å². The van der Waals surface area contributed by atoms with Gasteiger partial charge in [0.25, 0.3) is 5.91 Å². The Kier molecular flexibility index (Phi) is 6.39. The number of amides is 2. The largest absolute Gasteiger partial charge is 0.444 e. The second-order valence-corrected chi connectivity index (χ2v) is 8.23. The van der Waals surface area contributed by atoms with Crippen molar-refractivity contribution in [3.63, 3.8) is 0 Å². The van der Waals surface area contributed by atoms with Gasteiger partial charge in [0.2, 0.25) is 0 Å². The Balaban J connectivity index is 1.74. The lowest BCUT2D eigenvalue weighted by molar-refractivity contribution is 0.0206. The highest BCUT2D eigenvalue weighted by molar-refractivity contribution is 5.98. The zero-order valence-corrected chi connectivity index (χ0v) is 17.5. The highest BCUT2D eigenvalue weighted by Crippen LogP contribution is 2.24. The molecule has 0 unspecified atom stereocenters. The van der Waals surface area contributed by atoms with Crippen molar-refractivity contribution in [2.24, 2.45) is 5.73 Å². The van der Waals surface area contributed by atoms with E-state index in [4.69, 9.17) is 10.5 Å². The molecule has 0 spiro atoms. The summed E-state index contributed by atoms with van der Waals surface area (Å²) in [6.07, 6.45) is 4.45. The van der Waals surface area contributed by atoms with E-state index in [0.29, 0.717) is 30.4 Å². The Bertz CT molecular complexity index is 897. The van der Waals surface area contributed by atoms with Crippen LogP contribution in [-0.4, -0.2) is 51.6 Å². The van der Waals surface area contributed by atoms with Gasteiger partial charge in [0.05, 0.1) is 11.3 Å². The lowest BCUT2D eigenvalue weighted by Gasteiger charge is -2.35. The Morgan fingerprint density at radius 1 is 1.23 bits per heavy atom. The predicted octanol–water partition coefficient (Wildman–Crippen LogP) is 3.13. The van der Waals surface area contributed by atoms with Gasteiger partial charge in [0, 0.05) is 37.6 Å². The number of pyridine rings is 2. The number of carbonyl (C=O) groups is 2. The molecule has 1 aliphatic heterocycles. The normalized spacial score (nSPS) is 16.6. The summed E-state index contributed by atoms with van der Waals surface area (Å²) in [6, 6.07) is 7.17. The molecule has 3 rings (SSSR count). The molecule has 1 aliphatic rings. The third-order valence-electron chi connectivity index (χ3n) is 4.52. The van der Waals surface area contributed by atoms with Crippen molar-refractivity contribution >= 4 is 29.3 Å². The van der Waals surface area contributed by atoms with Crippen LogP contribution >= 0.6 is 0 Å². The van der Waals surface area contributed by atoms with Crippen LogP contribution in [0.25, 0.3) is 0 Å². The lowest BCUT2D eigenvalue weighted by atomic mass is 10.0. The molecular formula is C21H28N6O3. The summed E-state index contributed by atoms with van der Waals surface area (Å²) in [5.74, 6) is 0.590. The zero-order valence-electron chi connectivity index (χ0n) is 17.5. The number of hydrogen-bond acceptors (Lipinski definition) is 7. The molecule has 2 aromatic rings. The van der Waals surface area contributed by atoms with Crippen molar-refractivity contribution in [2.75, 3.05) is 23.7 Å². The summed E-state index contributed by atoms with van der Waals surface area (Å²) >= 11 is 0. The Hall–Kier alpha value is -3.36. The van der Waals surface area contributed by atoms with Gasteiger partial charge in [-0.1, -0.05) is 6.07 Å². The van der Waals surface area contributed by atoms with Crippen LogP contribution in [0.15, 0.2) is 36.7 Å². The predicted molar refractivity (Wildman–Crippen MR) is 115 cm³/mol. The Morgan fingerprint density at radius 3 is 2.70 bits per heavy atom. The maximum Gasteiger partial charge on any atom is 0.410 e. The highest BCUT2D eigenvalue weighted by Gasteiger charge is 2.28. The molecule has 9 nitrogen and oxygen atoms in total. The Labute approximate surface area is 176 Å². The molecule has 1 atom stereocenters. The summed E-state index contributed by atoms with van der Waals surface area (Å²) in [4.78, 5) is 34.5. The molecule has 30 heavy (non-hydrogen) atoms. The summed E-state index contributed by atoms with van der Waals surface area (Å²) in [7, 11) is 0. The van der Waals surface area contributed by atoms with Gasteiger partial charge in [-0.3, -0.25) is 4.79 Å². The number of likely N-dealkylation sites (tertiary alicyclic amines) is 1. The molecular weight excluding hydrogens is 384 g/mol. The smallest absolute Gasteiger partial charge is 0.410 e. The number of ether oxygens (including phenoxy) is 1. The molecule has 3 heterocycles. The van der Waals surface area contributed by atoms with Crippen molar-refractivity contribution in [3.8, 4) is 0 Å². The number of primary amides is 1. The number of hydrogen-bond donors (Lipinski definition) is 3. The number of nitrogens with zero attached hydrogens (tertiary/aromatic N) is 3. The molecule has 0 radical (unpaired) electrons. The first-order valence-corrected chi connectivity index (χ1v) is 9.93. The third kappa shape index (κ3) is 5.82. The van der Waals surface area contributed by atoms with Crippen LogP contribution in [-0.2, 0) is 4.74 Å². The fraction of sp³-hybridized carbons (Fsp3) is 0.429. The van der Waals surface area contributed by atoms with E-state index in [1.165, 1.54) is 6.20 Å². The molecule has 160 valence electrons. The first-order valence-electron chi connectivity index (χ1n) is 9.93. The van der Waals surface area contributed by atoms with Crippen molar-refractivity contribution in [2.45, 2.75) is 45.3 Å². The van der Waals surface area contributed by atoms with Crippen LogP contribution < -0.4 is 16.4 Å². The molecule has 0 saturated carbocycles. The van der Waals surface area contributed by atoms with Crippen molar-refractivity contribution in [1.82, 2.24) is 14.9 Å². The summed E-state index contributed by atoms with van der Waals surface area (Å²) in [5.41, 5.74) is 5.83. The minimum atomic E-state index is -0.575. The van der Waals surface area contributed by atoms with Gasteiger partial charge >= 0.3 is 6.09 Å². The molecule has 1 fully saturated rings. The number of nitrogens with two attached hydrogens (primary N) is 1. The van der Waals surface area contributed by atoms with E-state index in [1.54, 1.807) is 17.2 Å². The van der Waals surface area contributed by atoms with E-state index in [0.717, 1.165) is 12.8 Å². The SMILES string of the molecule is CC(C)(C)OC(=O)N1CCC[C@@H](Nc2cc(Nc3ccccn3)ncc2C(N)=O)C1. The molecule has 2 amide bonds. The van der Waals surface area contributed by atoms with Gasteiger partial charge in [-0.05, 0) is 45.7 Å². The number of carbonyl (C=O) groups excluding carboxylic acids is 2. The van der Waals surface area contributed by atoms with Crippen molar-refractivity contribution in [1.29, 1.82) is 0 Å². The van der Waals surface area contributed by atoms with Gasteiger partial charge in [0.15, 0.2) is 0 Å². The molecule has 0 aromatic carbocycles. The number of nitrogens with one attached hydrogen (secondary N) is 2. The van der Waals surface area contributed by atoms with E-state index in [2.05, 4.69) is 20.6 Å². The fourth-order valence-corrected chi connectivity index (χ4v) is 3.21. The van der Waals surface area contributed by atoms with Gasteiger partial charge in [-0.15, -0.1) is 0 Å². The molecule has 0 bridgehead atoms. The summed E-state index contributed by atoms with van der Waals surface area (Å²) < 4.78 is 5.48. The van der Waals surface area contributed by atoms with Crippen molar-refractivity contribution in [3.05, 3.63) is 42.2 Å². The average molecular weight is 412 g/mol. The van der Waals surface area contributed by atoms with E-state index in [1.807, 2.05) is 39.0 Å². The third-order valence-corrected chi connectivity index (χ3v) is 4.52. The minimum Gasteiger partial charge on any atom is -0.444 e. The van der Waals surface area contributed by atoms with Crippen molar-refractivity contribution < 1.29 is 14.3 Å². The van der Waals surface area contributed by atoms with Gasteiger partial charge < -0.3 is 26.0 Å². The maximum absolute atomic E-state index is 12.4. The molecule has 2 aromatic heterocycles. The number of aromatic nitrogens is 2. The quantitative estimate of drug-likeness (QED) is 0.689. The lowest BCUT2D eigenvalue weighted by Crippen LogP contribution is -2.47. The molecule has 1 saturated heterocycles. The maximum atomic E-state index is 12.4. The van der Waals surface area contributed by atoms with Crippen LogP contribution in [0.2, 0.25) is 0 Å². The minimum absolute atomic E-state index is 0.0468. The summed E-state index contributed by atoms with van der Waals surface area (Å²) in [6.45, 7) is 6.64. The van der Waals surface area contributed by atoms with E-state index < -0.39 is 11.5 Å². The van der Waals surface area contributed by atoms with E-state index >= 15 is 0 Å². The van der Waals surface area contributed by atoms with Gasteiger partial charge in [-0.25, -0.2) is 14.8 Å². The van der Waals surface area contributed by atoms with Crippen LogP contribution in [0.1, 0.15) is 44.0 Å². The number of anilines is 3. The highest BCUT2D eigenvalue weighted by atomic mass is 16.6. The van der Waals surface area contributed by atoms with Crippen LogP contribution in [0.5, 0.6) is 0 Å². The van der Waals surface area contributed by atoms with Gasteiger partial charge in [-0.2, -0.15) is 0 Å². The first kappa shape index (κ1) is 21.4. The molecule has 0 aliphatic carbocycles. The summed E-state index contributed by atoms with van der Waals surface area (Å²) in [5, 5.41) is 6.46. The van der Waals surface area contributed by atoms with Gasteiger partial charge in [0.1, 0.15) is 17.2 Å². The van der Waals surface area contributed by atoms with Crippen LogP contribution in [0.3, 0.4) is 0 Å². The number of piperidine rings is 1. The number of rotatable bonds is 5. The zero-order chi connectivity index (χ0) is 21.7. The Morgan fingerprint density at radius 2 is 2.03 bits per heavy atom. The standard InChI is InChI=1S/C21H28N6O3/c1-21(2,3)30-20(29)27-10-6-7-14(13-27)25-16-11-18(24-12-15(16)19(22)28)26-17-8-4-5-9-23-17/h4-5,8-9,11-12,14H,6-7,10,13H2,1-3H3,(H2,22,28)(H2,23,24,25,26)/t14-/m1/s1. The monoisotopic (exact) mass is 412 g/mol.